The number of benzene rings is 1. The molecule has 0 radical (unpaired) electrons. The number of aromatic nitrogens is 2. The first-order valence-corrected chi connectivity index (χ1v) is 8.77. The third-order valence-electron chi connectivity index (χ3n) is 4.29. The van der Waals surface area contributed by atoms with Crippen molar-refractivity contribution in [2.24, 2.45) is 14.1 Å². The Balaban J connectivity index is 1.83. The summed E-state index contributed by atoms with van der Waals surface area (Å²) in [6.45, 7) is 0. The highest BCUT2D eigenvalue weighted by Crippen LogP contribution is 2.19. The summed E-state index contributed by atoms with van der Waals surface area (Å²) in [5.74, 6) is 0. The van der Waals surface area contributed by atoms with Crippen LogP contribution in [0.25, 0.3) is 24.3 Å². The zero-order chi connectivity index (χ0) is 20.1. The molecule has 0 spiro atoms. The Kier molecular flexibility index (Phi) is 5.60. The Hall–Kier alpha value is -3.80. The number of nitrogens with two attached hydrogens (primary N) is 1. The van der Waals surface area contributed by atoms with Gasteiger partial charge in [0.15, 0.2) is 18.6 Å². The smallest absolute Gasteiger partial charge is 0.339 e. The molecule has 0 unspecified atom stereocenters. The maximum absolute atomic E-state index is 11.2. The minimum absolute atomic E-state index is 0.0741. The molecule has 0 saturated heterocycles. The van der Waals surface area contributed by atoms with Crippen LogP contribution in [0.5, 0.6) is 0 Å². The van der Waals surface area contributed by atoms with Gasteiger partial charge in [-0.25, -0.2) is 9.13 Å². The molecule has 0 fully saturated rings. The Bertz CT molecular complexity index is 1090. The van der Waals surface area contributed by atoms with Crippen molar-refractivity contribution < 1.29 is 14.1 Å². The van der Waals surface area contributed by atoms with Gasteiger partial charge in [0.05, 0.1) is 10.5 Å². The third kappa shape index (κ3) is 4.67. The van der Waals surface area contributed by atoms with Crippen LogP contribution in [0.2, 0.25) is 0 Å². The van der Waals surface area contributed by atoms with Gasteiger partial charge in [-0.3, -0.25) is 10.1 Å². The lowest BCUT2D eigenvalue weighted by atomic mass is 10.1. The normalized spacial score (nSPS) is 11.4. The Labute approximate surface area is 163 Å². The lowest BCUT2D eigenvalue weighted by Gasteiger charge is -2.00. The largest absolute Gasteiger partial charge is 0.393 e. The van der Waals surface area contributed by atoms with Gasteiger partial charge in [-0.1, -0.05) is 36.4 Å². The van der Waals surface area contributed by atoms with Gasteiger partial charge in [0.1, 0.15) is 19.8 Å². The van der Waals surface area contributed by atoms with E-state index in [0.29, 0.717) is 11.3 Å². The van der Waals surface area contributed by atoms with E-state index in [0.717, 1.165) is 16.7 Å². The molecule has 6 heteroatoms. The molecule has 0 amide bonds. The fourth-order valence-corrected chi connectivity index (χ4v) is 2.81. The van der Waals surface area contributed by atoms with Crippen LogP contribution in [0, 0.1) is 10.1 Å². The molecular formula is C22H22N4O2+2. The van der Waals surface area contributed by atoms with E-state index in [1.54, 1.807) is 30.0 Å². The molecule has 1 aromatic carbocycles. The van der Waals surface area contributed by atoms with Gasteiger partial charge in [-0.2, -0.15) is 0 Å². The molecular weight excluding hydrogens is 352 g/mol. The highest BCUT2D eigenvalue weighted by atomic mass is 16.6. The summed E-state index contributed by atoms with van der Waals surface area (Å²) in [6, 6.07) is 11.6. The molecule has 0 aliphatic carbocycles. The molecule has 0 bridgehead atoms. The van der Waals surface area contributed by atoms with Crippen molar-refractivity contribution in [2.45, 2.75) is 0 Å². The number of rotatable bonds is 5. The van der Waals surface area contributed by atoms with E-state index >= 15 is 0 Å². The lowest BCUT2D eigenvalue weighted by Crippen LogP contribution is -2.27. The average Bonchev–Trinajstić information content (AvgIpc) is 2.66. The molecule has 0 aliphatic heterocycles. The molecule has 0 atom stereocenters. The van der Waals surface area contributed by atoms with Gasteiger partial charge in [-0.05, 0) is 23.3 Å². The van der Waals surface area contributed by atoms with Gasteiger partial charge < -0.3 is 5.73 Å². The highest BCUT2D eigenvalue weighted by molar-refractivity contribution is 5.77. The van der Waals surface area contributed by atoms with Gasteiger partial charge in [0.2, 0.25) is 6.20 Å². The van der Waals surface area contributed by atoms with Crippen LogP contribution >= 0.6 is 0 Å². The zero-order valence-electron chi connectivity index (χ0n) is 15.8. The lowest BCUT2D eigenvalue weighted by molar-refractivity contribution is -0.674. The average molecular weight is 374 g/mol. The number of hydrogen-bond donors (Lipinski definition) is 1. The first-order valence-electron chi connectivity index (χ1n) is 8.77. The van der Waals surface area contributed by atoms with E-state index in [2.05, 4.69) is 0 Å². The van der Waals surface area contributed by atoms with E-state index in [1.807, 2.05) is 72.6 Å². The van der Waals surface area contributed by atoms with Gasteiger partial charge >= 0.3 is 5.69 Å². The van der Waals surface area contributed by atoms with E-state index in [4.69, 9.17) is 5.73 Å². The van der Waals surface area contributed by atoms with Crippen LogP contribution in [-0.4, -0.2) is 4.92 Å². The van der Waals surface area contributed by atoms with Crippen molar-refractivity contribution in [3.05, 3.63) is 93.6 Å². The first-order chi connectivity index (χ1) is 13.4. The van der Waals surface area contributed by atoms with Crippen molar-refractivity contribution in [1.29, 1.82) is 0 Å². The fraction of sp³-hybridized carbons (Fsp3) is 0.0909. The molecule has 28 heavy (non-hydrogen) atoms. The number of aryl methyl sites for hydroxylation is 2. The maximum atomic E-state index is 11.2. The van der Waals surface area contributed by atoms with E-state index in [-0.39, 0.29) is 10.6 Å². The molecule has 140 valence electrons. The fourth-order valence-electron chi connectivity index (χ4n) is 2.81. The van der Waals surface area contributed by atoms with Crippen LogP contribution in [0.1, 0.15) is 22.3 Å². The van der Waals surface area contributed by atoms with E-state index < -0.39 is 0 Å². The van der Waals surface area contributed by atoms with Crippen LogP contribution in [0.3, 0.4) is 0 Å². The second-order valence-electron chi connectivity index (χ2n) is 6.57. The first kappa shape index (κ1) is 19.0. The zero-order valence-corrected chi connectivity index (χ0v) is 15.8. The summed E-state index contributed by atoms with van der Waals surface area (Å²) in [6.07, 6.45) is 14.7. The number of pyridine rings is 2. The van der Waals surface area contributed by atoms with Gasteiger partial charge in [0.25, 0.3) is 0 Å². The quantitative estimate of drug-likeness (QED) is 0.423. The minimum Gasteiger partial charge on any atom is -0.393 e. The third-order valence-corrected chi connectivity index (χ3v) is 4.29. The molecule has 2 N–H and O–H groups in total. The molecule has 2 aromatic heterocycles. The predicted molar refractivity (Wildman–Crippen MR) is 111 cm³/mol. The predicted octanol–water partition coefficient (Wildman–Crippen LogP) is 3.17. The van der Waals surface area contributed by atoms with Crippen LogP contribution in [0.4, 0.5) is 11.4 Å². The molecule has 3 aromatic rings. The summed E-state index contributed by atoms with van der Waals surface area (Å²) >= 11 is 0. The topological polar surface area (TPSA) is 76.9 Å². The van der Waals surface area contributed by atoms with E-state index in [9.17, 15) is 10.1 Å². The Morgan fingerprint density at radius 1 is 0.893 bits per heavy atom. The van der Waals surface area contributed by atoms with E-state index in [1.165, 1.54) is 6.20 Å². The molecule has 6 nitrogen and oxygen atoms in total. The second-order valence-corrected chi connectivity index (χ2v) is 6.57. The minimum atomic E-state index is -0.372. The van der Waals surface area contributed by atoms with Gasteiger partial charge in [-0.15, -0.1) is 0 Å². The van der Waals surface area contributed by atoms with Crippen molar-refractivity contribution >= 4 is 35.7 Å². The molecule has 0 saturated carbocycles. The Morgan fingerprint density at radius 3 is 2.07 bits per heavy atom. The second kappa shape index (κ2) is 8.26. The van der Waals surface area contributed by atoms with Crippen molar-refractivity contribution in [3.8, 4) is 0 Å². The van der Waals surface area contributed by atoms with Crippen molar-refractivity contribution in [2.75, 3.05) is 5.73 Å². The summed E-state index contributed by atoms with van der Waals surface area (Å²) in [7, 11) is 3.69. The summed E-state index contributed by atoms with van der Waals surface area (Å²) in [5, 5.41) is 11.2. The van der Waals surface area contributed by atoms with Crippen LogP contribution in [0.15, 0.2) is 61.2 Å². The summed E-state index contributed by atoms with van der Waals surface area (Å²) in [5.41, 5.74) is 10.3. The maximum Gasteiger partial charge on any atom is 0.339 e. The number of anilines is 1. The summed E-state index contributed by atoms with van der Waals surface area (Å²) in [4.78, 5) is 10.9. The van der Waals surface area contributed by atoms with Crippen molar-refractivity contribution in [3.63, 3.8) is 0 Å². The number of hydrogen-bond acceptors (Lipinski definition) is 3. The monoisotopic (exact) mass is 374 g/mol. The van der Waals surface area contributed by atoms with Crippen LogP contribution < -0.4 is 14.9 Å². The highest BCUT2D eigenvalue weighted by Gasteiger charge is 2.15. The number of nitrogen functional groups attached to an aromatic ring is 1. The Morgan fingerprint density at radius 2 is 1.46 bits per heavy atom. The number of nitro groups is 1. The van der Waals surface area contributed by atoms with Crippen LogP contribution in [-0.2, 0) is 14.1 Å². The molecule has 0 aliphatic rings. The summed E-state index contributed by atoms with van der Waals surface area (Å²) < 4.78 is 3.57. The standard InChI is InChI=1S/C22H22N4O2/c1-24-12-10-19(21(23)15-24)8-6-17-4-3-5-18(14-17)7-9-20-11-13-25(2)16-22(20)26(27)28/h3-16H,23H2,1-2H3/q+2/b8-6+,9-7+. The van der Waals surface area contributed by atoms with Gasteiger partial charge in [0, 0.05) is 17.7 Å². The van der Waals surface area contributed by atoms with Crippen molar-refractivity contribution in [1.82, 2.24) is 0 Å². The molecule has 3 rings (SSSR count). The number of nitrogens with zero attached hydrogens (tertiary/aromatic N) is 3. The SMILES string of the molecule is C[n+]1ccc(/C=C/c2cccc(/C=C/c3cc[n+](C)cc3[N+](=O)[O-])c2)c(N)c1. The molecule has 2 heterocycles.